The number of likely N-dealkylation sites (tertiary alicyclic amines) is 2. The van der Waals surface area contributed by atoms with E-state index in [0.29, 0.717) is 58.6 Å². The van der Waals surface area contributed by atoms with E-state index in [9.17, 15) is 14.4 Å². The number of methoxy groups -OCH3 is 1. The molecule has 13 nitrogen and oxygen atoms in total. The molecule has 2 aliphatic rings. The first kappa shape index (κ1) is 31.8. The minimum atomic E-state index is -0.737. The lowest BCUT2D eigenvalue weighted by Crippen LogP contribution is -2.46. The van der Waals surface area contributed by atoms with Gasteiger partial charge in [0.15, 0.2) is 5.82 Å². The van der Waals surface area contributed by atoms with Gasteiger partial charge in [-0.2, -0.15) is 0 Å². The van der Waals surface area contributed by atoms with Crippen LogP contribution in [0.1, 0.15) is 70.2 Å². The fourth-order valence-electron chi connectivity index (χ4n) is 6.29. The van der Waals surface area contributed by atoms with Crippen molar-refractivity contribution in [2.75, 3.05) is 20.2 Å². The average molecular weight is 644 g/mol. The van der Waals surface area contributed by atoms with Crippen LogP contribution in [0.4, 0.5) is 9.18 Å². The minimum Gasteiger partial charge on any atom is -0.453 e. The molecule has 246 valence electrons. The third-order valence-corrected chi connectivity index (χ3v) is 8.76. The molecular formula is C33H38FN9O4. The van der Waals surface area contributed by atoms with E-state index in [1.54, 1.807) is 48.7 Å². The van der Waals surface area contributed by atoms with Crippen molar-refractivity contribution in [1.29, 1.82) is 0 Å². The molecular weight excluding hydrogens is 605 g/mol. The molecule has 6 rings (SSSR count). The first-order valence-corrected chi connectivity index (χ1v) is 15.8. The summed E-state index contributed by atoms with van der Waals surface area (Å²) >= 11 is 0. The molecule has 0 saturated carbocycles. The number of nitrogens with one attached hydrogen (secondary N) is 3. The predicted octanol–water partition coefficient (Wildman–Crippen LogP) is 4.79. The first-order valence-electron chi connectivity index (χ1n) is 15.8. The number of nitrogens with zero attached hydrogens (tertiary/aromatic N) is 6. The quantitative estimate of drug-likeness (QED) is 0.247. The second-order valence-electron chi connectivity index (χ2n) is 12.2. The highest BCUT2D eigenvalue weighted by molar-refractivity contribution is 5.85. The number of ether oxygens (including phenoxy) is 1. The van der Waals surface area contributed by atoms with Crippen LogP contribution in [0.3, 0.4) is 0 Å². The summed E-state index contributed by atoms with van der Waals surface area (Å²) in [4.78, 5) is 65.3. The summed E-state index contributed by atoms with van der Waals surface area (Å²) in [6.45, 7) is 6.65. The molecule has 2 saturated heterocycles. The Kier molecular flexibility index (Phi) is 9.01. The van der Waals surface area contributed by atoms with Gasteiger partial charge in [0, 0.05) is 48.1 Å². The van der Waals surface area contributed by atoms with Gasteiger partial charge < -0.3 is 29.8 Å². The van der Waals surface area contributed by atoms with Gasteiger partial charge in [-0.1, -0.05) is 19.9 Å². The van der Waals surface area contributed by atoms with Gasteiger partial charge in [0.25, 0.3) is 0 Å². The number of hydrogen-bond acceptors (Lipinski definition) is 8. The van der Waals surface area contributed by atoms with Gasteiger partial charge in [-0.15, -0.1) is 0 Å². The second-order valence-corrected chi connectivity index (χ2v) is 12.2. The smallest absolute Gasteiger partial charge is 0.407 e. The first-order chi connectivity index (χ1) is 22.6. The van der Waals surface area contributed by atoms with Crippen LogP contribution in [0, 0.1) is 11.7 Å². The van der Waals surface area contributed by atoms with E-state index in [1.807, 2.05) is 18.7 Å². The molecule has 5 heterocycles. The second kappa shape index (κ2) is 13.3. The molecule has 3 atom stereocenters. The number of halogens is 1. The lowest BCUT2D eigenvalue weighted by Gasteiger charge is -2.26. The Balaban J connectivity index is 1.14. The van der Waals surface area contributed by atoms with E-state index in [2.05, 4.69) is 40.0 Å². The summed E-state index contributed by atoms with van der Waals surface area (Å²) in [5.41, 5.74) is 2.78. The number of aromatic amines is 2. The number of aromatic nitrogens is 6. The maximum absolute atomic E-state index is 15.4. The van der Waals surface area contributed by atoms with Crippen molar-refractivity contribution in [2.45, 2.75) is 64.6 Å². The van der Waals surface area contributed by atoms with Crippen LogP contribution in [0.5, 0.6) is 0 Å². The van der Waals surface area contributed by atoms with E-state index in [1.165, 1.54) is 13.2 Å². The van der Waals surface area contributed by atoms with Gasteiger partial charge >= 0.3 is 6.09 Å². The molecule has 3 amide bonds. The van der Waals surface area contributed by atoms with Crippen LogP contribution in [0.2, 0.25) is 0 Å². The fraction of sp³-hybridized carbons (Fsp3) is 0.424. The van der Waals surface area contributed by atoms with Crippen LogP contribution in [-0.4, -0.2) is 83.9 Å². The summed E-state index contributed by atoms with van der Waals surface area (Å²) in [7, 11) is 1.25. The zero-order valence-corrected chi connectivity index (χ0v) is 26.8. The molecule has 3 N–H and O–H groups in total. The summed E-state index contributed by atoms with van der Waals surface area (Å²) in [5.74, 6) is 0.980. The van der Waals surface area contributed by atoms with Crippen molar-refractivity contribution in [2.24, 2.45) is 5.92 Å². The number of H-pyrrole nitrogens is 2. The van der Waals surface area contributed by atoms with E-state index < -0.39 is 18.0 Å². The fourth-order valence-corrected chi connectivity index (χ4v) is 6.29. The van der Waals surface area contributed by atoms with Crippen LogP contribution in [0.15, 0.2) is 43.0 Å². The van der Waals surface area contributed by atoms with Gasteiger partial charge in [0.1, 0.15) is 23.5 Å². The molecule has 1 aromatic carbocycles. The predicted molar refractivity (Wildman–Crippen MR) is 170 cm³/mol. The third kappa shape index (κ3) is 6.44. The Hall–Kier alpha value is -5.14. The lowest BCUT2D eigenvalue weighted by atomic mass is 10.1. The van der Waals surface area contributed by atoms with Crippen molar-refractivity contribution in [1.82, 2.24) is 45.0 Å². The zero-order chi connectivity index (χ0) is 33.2. The van der Waals surface area contributed by atoms with E-state index >= 15 is 4.39 Å². The maximum Gasteiger partial charge on any atom is 0.407 e. The maximum atomic E-state index is 15.4. The highest BCUT2D eigenvalue weighted by atomic mass is 19.1. The molecule has 0 radical (unpaired) electrons. The number of carbonyl (C=O) groups excluding carboxylic acids is 3. The van der Waals surface area contributed by atoms with Crippen LogP contribution < -0.4 is 5.32 Å². The van der Waals surface area contributed by atoms with Crippen molar-refractivity contribution < 1.29 is 23.5 Å². The molecule has 47 heavy (non-hydrogen) atoms. The highest BCUT2D eigenvalue weighted by Gasteiger charge is 2.35. The Labute approximate surface area is 271 Å². The lowest BCUT2D eigenvalue weighted by molar-refractivity contribution is -0.135. The Morgan fingerprint density at radius 2 is 1.45 bits per heavy atom. The van der Waals surface area contributed by atoms with Crippen molar-refractivity contribution >= 4 is 17.9 Å². The van der Waals surface area contributed by atoms with Gasteiger partial charge in [0.05, 0.1) is 43.0 Å². The number of carbonyl (C=O) groups is 3. The normalized spacial score (nSPS) is 18.5. The van der Waals surface area contributed by atoms with Crippen molar-refractivity contribution in [3.8, 4) is 33.9 Å². The highest BCUT2D eigenvalue weighted by Crippen LogP contribution is 2.34. The summed E-state index contributed by atoms with van der Waals surface area (Å²) in [6.07, 6.45) is 9.14. The third-order valence-electron chi connectivity index (χ3n) is 8.76. The van der Waals surface area contributed by atoms with Crippen LogP contribution >= 0.6 is 0 Å². The summed E-state index contributed by atoms with van der Waals surface area (Å²) in [6, 6.07) is 3.68. The van der Waals surface area contributed by atoms with Gasteiger partial charge in [-0.3, -0.25) is 9.59 Å². The number of alkyl carbamates (subject to hydrolysis) is 1. The molecule has 0 bridgehead atoms. The molecule has 0 unspecified atom stereocenters. The Morgan fingerprint density at radius 3 is 2.04 bits per heavy atom. The van der Waals surface area contributed by atoms with E-state index in [0.717, 1.165) is 25.7 Å². The van der Waals surface area contributed by atoms with Crippen LogP contribution in [-0.2, 0) is 14.3 Å². The number of rotatable bonds is 8. The monoisotopic (exact) mass is 643 g/mol. The molecule has 2 aliphatic heterocycles. The van der Waals surface area contributed by atoms with Crippen LogP contribution in [0.25, 0.3) is 33.9 Å². The Morgan fingerprint density at radius 1 is 0.851 bits per heavy atom. The number of benzene rings is 1. The summed E-state index contributed by atoms with van der Waals surface area (Å²) in [5, 5.41) is 2.52. The molecule has 2 fully saturated rings. The molecule has 3 aromatic heterocycles. The largest absolute Gasteiger partial charge is 0.453 e. The molecule has 4 aromatic rings. The van der Waals surface area contributed by atoms with Crippen molar-refractivity contribution in [3.63, 3.8) is 0 Å². The number of amides is 3. The Bertz CT molecular complexity index is 1770. The minimum absolute atomic E-state index is 0.0911. The molecule has 0 aliphatic carbocycles. The number of imidazole rings is 2. The van der Waals surface area contributed by atoms with Gasteiger partial charge in [-0.25, -0.2) is 29.1 Å². The summed E-state index contributed by atoms with van der Waals surface area (Å²) < 4.78 is 20.0. The van der Waals surface area contributed by atoms with E-state index in [4.69, 9.17) is 0 Å². The molecule has 14 heteroatoms. The number of hydrogen-bond donors (Lipinski definition) is 3. The SMILES string of the molecule is COC(=O)N[C@@H](C)C(=O)N1CCC[C@H]1c1ncc(-c2cnc(-c3ccc(-c4cnc([C@@H]5CCCN5C(=O)C(C)C)[nH]4)c(F)c3)nc2)[nH]1. The standard InChI is InChI=1S/C33H38FN9O4/c1-18(2)31(44)42-11-5-7-26(42)30-38-17-25(41-30)22-10-9-20(13-23(22)34)28-35-14-21(15-36-28)24-16-37-29(40-24)27-8-6-12-43(27)32(45)19(3)39-33(46)47-4/h9-10,13-19,26-27H,5-8,11-12H2,1-4H3,(H,37,40)(H,38,41)(H,39,46)/t19-,26-,27-/m0/s1. The molecule has 0 spiro atoms. The van der Waals surface area contributed by atoms with Crippen molar-refractivity contribution in [3.05, 3.63) is 60.5 Å². The van der Waals surface area contributed by atoms with Gasteiger partial charge in [-0.05, 0) is 44.7 Å². The average Bonchev–Trinajstić information content (AvgIpc) is 3.90. The van der Waals surface area contributed by atoms with Gasteiger partial charge in [0.2, 0.25) is 11.8 Å². The topological polar surface area (TPSA) is 162 Å². The van der Waals surface area contributed by atoms with E-state index in [-0.39, 0.29) is 29.8 Å². The zero-order valence-electron chi connectivity index (χ0n) is 26.8.